The fourth-order valence-electron chi connectivity index (χ4n) is 3.89. The van der Waals surface area contributed by atoms with Crippen molar-refractivity contribution in [1.29, 1.82) is 0 Å². The largest absolute Gasteiger partial charge is 0.467 e. The van der Waals surface area contributed by atoms with Crippen LogP contribution in [0.25, 0.3) is 0 Å². The van der Waals surface area contributed by atoms with Crippen LogP contribution in [-0.4, -0.2) is 22.4 Å². The van der Waals surface area contributed by atoms with E-state index in [4.69, 9.17) is 4.42 Å². The number of amides is 2. The number of hydrogen-bond donors (Lipinski definition) is 2. The van der Waals surface area contributed by atoms with Crippen LogP contribution < -0.4 is 16.1 Å². The predicted molar refractivity (Wildman–Crippen MR) is 108 cm³/mol. The molecule has 2 aliphatic rings. The van der Waals surface area contributed by atoms with E-state index < -0.39 is 17.2 Å². The average Bonchev–Trinajstić information content (AvgIpc) is 3.36. The summed E-state index contributed by atoms with van der Waals surface area (Å²) < 4.78 is 7.23. The Balaban J connectivity index is 1.65. The molecule has 0 aromatic carbocycles. The molecule has 29 heavy (non-hydrogen) atoms. The van der Waals surface area contributed by atoms with Gasteiger partial charge in [0, 0.05) is 24.5 Å². The predicted octanol–water partition coefficient (Wildman–Crippen LogP) is 3.33. The molecule has 0 unspecified atom stereocenters. The summed E-state index contributed by atoms with van der Waals surface area (Å²) in [5, 5.41) is 5.68. The van der Waals surface area contributed by atoms with Crippen LogP contribution in [0.3, 0.4) is 0 Å². The Morgan fingerprint density at radius 3 is 2.38 bits per heavy atom. The van der Waals surface area contributed by atoms with Gasteiger partial charge in [-0.05, 0) is 44.7 Å². The molecule has 0 spiro atoms. The highest BCUT2D eigenvalue weighted by atomic mass is 16.3. The topological polar surface area (TPSA) is 93.3 Å². The third-order valence-electron chi connectivity index (χ3n) is 5.76. The van der Waals surface area contributed by atoms with E-state index in [1.807, 2.05) is 4.57 Å². The summed E-state index contributed by atoms with van der Waals surface area (Å²) >= 11 is 0. The SMILES string of the molecule is C[C@@H](NC(=O)c1cn(C2CCCCC2)cc(C(=O)NC2CC2)c1=O)c1ccco1. The van der Waals surface area contributed by atoms with Crippen molar-refractivity contribution in [3.8, 4) is 0 Å². The summed E-state index contributed by atoms with van der Waals surface area (Å²) in [5.41, 5.74) is -0.488. The smallest absolute Gasteiger partial charge is 0.257 e. The molecule has 2 aromatic rings. The van der Waals surface area contributed by atoms with Crippen molar-refractivity contribution in [3.05, 3.63) is 57.9 Å². The van der Waals surface area contributed by atoms with Crippen LogP contribution in [0.1, 0.15) is 90.4 Å². The Bertz CT molecular complexity index is 937. The number of nitrogens with zero attached hydrogens (tertiary/aromatic N) is 1. The number of rotatable bonds is 6. The third-order valence-corrected chi connectivity index (χ3v) is 5.76. The first-order chi connectivity index (χ1) is 14.0. The minimum absolute atomic E-state index is 0.00238. The van der Waals surface area contributed by atoms with E-state index >= 15 is 0 Å². The van der Waals surface area contributed by atoms with E-state index in [1.54, 1.807) is 31.5 Å². The van der Waals surface area contributed by atoms with Gasteiger partial charge in [-0.3, -0.25) is 14.4 Å². The van der Waals surface area contributed by atoms with Crippen LogP contribution >= 0.6 is 0 Å². The summed E-state index contributed by atoms with van der Waals surface area (Å²) in [6, 6.07) is 3.47. The van der Waals surface area contributed by atoms with Crippen molar-refractivity contribution >= 4 is 11.8 Å². The highest BCUT2D eigenvalue weighted by Gasteiger charge is 2.28. The number of pyridine rings is 1. The Morgan fingerprint density at radius 2 is 1.76 bits per heavy atom. The fraction of sp³-hybridized carbons (Fsp3) is 0.500. The van der Waals surface area contributed by atoms with Gasteiger partial charge in [0.25, 0.3) is 11.8 Å². The van der Waals surface area contributed by atoms with E-state index in [2.05, 4.69) is 10.6 Å². The van der Waals surface area contributed by atoms with E-state index in [1.165, 1.54) is 12.7 Å². The molecule has 7 heteroatoms. The van der Waals surface area contributed by atoms with Crippen molar-refractivity contribution in [2.45, 2.75) is 70.0 Å². The second kappa shape index (κ2) is 8.27. The molecule has 2 heterocycles. The van der Waals surface area contributed by atoms with Crippen molar-refractivity contribution in [2.75, 3.05) is 0 Å². The first-order valence-electron chi connectivity index (χ1n) is 10.4. The van der Waals surface area contributed by atoms with Gasteiger partial charge in [0.05, 0.1) is 12.3 Å². The first-order valence-corrected chi connectivity index (χ1v) is 10.4. The van der Waals surface area contributed by atoms with Crippen LogP contribution in [0.2, 0.25) is 0 Å². The van der Waals surface area contributed by atoms with E-state index in [0.29, 0.717) is 5.76 Å². The molecule has 0 saturated heterocycles. The summed E-state index contributed by atoms with van der Waals surface area (Å²) in [6.45, 7) is 1.79. The monoisotopic (exact) mass is 397 g/mol. The van der Waals surface area contributed by atoms with Gasteiger partial charge in [-0.1, -0.05) is 19.3 Å². The number of hydrogen-bond acceptors (Lipinski definition) is 4. The van der Waals surface area contributed by atoms with Gasteiger partial charge in [0.2, 0.25) is 5.43 Å². The van der Waals surface area contributed by atoms with Gasteiger partial charge >= 0.3 is 0 Å². The van der Waals surface area contributed by atoms with Crippen molar-refractivity contribution in [2.24, 2.45) is 0 Å². The molecule has 4 rings (SSSR count). The lowest BCUT2D eigenvalue weighted by atomic mass is 9.95. The molecule has 2 fully saturated rings. The molecule has 1 atom stereocenters. The molecular weight excluding hydrogens is 370 g/mol. The van der Waals surface area contributed by atoms with E-state index in [0.717, 1.165) is 38.5 Å². The Hall–Kier alpha value is -2.83. The van der Waals surface area contributed by atoms with Crippen molar-refractivity contribution in [3.63, 3.8) is 0 Å². The van der Waals surface area contributed by atoms with Crippen molar-refractivity contribution < 1.29 is 14.0 Å². The number of furan rings is 1. The standard InChI is InChI=1S/C22H27N3O4/c1-14(19-8-5-11-29-19)23-21(27)17-12-25(16-6-3-2-4-7-16)13-18(20(17)26)22(28)24-15-9-10-15/h5,8,11-16H,2-4,6-7,9-10H2,1H3,(H,23,27)(H,24,28)/t14-/m1/s1. The lowest BCUT2D eigenvalue weighted by Gasteiger charge is -2.25. The molecule has 2 aliphatic carbocycles. The number of carbonyl (C=O) groups excluding carboxylic acids is 2. The number of aromatic nitrogens is 1. The zero-order valence-electron chi connectivity index (χ0n) is 16.6. The maximum absolute atomic E-state index is 13.0. The fourth-order valence-corrected chi connectivity index (χ4v) is 3.89. The Morgan fingerprint density at radius 1 is 1.07 bits per heavy atom. The molecule has 2 aromatic heterocycles. The highest BCUT2D eigenvalue weighted by molar-refractivity contribution is 5.99. The maximum atomic E-state index is 13.0. The Labute approximate surface area is 169 Å². The minimum Gasteiger partial charge on any atom is -0.467 e. The van der Waals surface area contributed by atoms with Gasteiger partial charge in [0.15, 0.2) is 0 Å². The van der Waals surface area contributed by atoms with Crippen LogP contribution in [0, 0.1) is 0 Å². The molecule has 0 aliphatic heterocycles. The molecule has 0 bridgehead atoms. The number of carbonyl (C=O) groups is 2. The van der Waals surface area contributed by atoms with Crippen LogP contribution in [0.4, 0.5) is 0 Å². The maximum Gasteiger partial charge on any atom is 0.257 e. The molecule has 2 N–H and O–H groups in total. The third kappa shape index (κ3) is 4.44. The molecule has 7 nitrogen and oxygen atoms in total. The summed E-state index contributed by atoms with van der Waals surface area (Å²) in [6.07, 6.45) is 12.0. The van der Waals surface area contributed by atoms with E-state index in [-0.39, 0.29) is 29.3 Å². The number of nitrogens with one attached hydrogen (secondary N) is 2. The summed E-state index contributed by atoms with van der Waals surface area (Å²) in [7, 11) is 0. The average molecular weight is 397 g/mol. The van der Waals surface area contributed by atoms with Crippen LogP contribution in [-0.2, 0) is 0 Å². The lowest BCUT2D eigenvalue weighted by molar-refractivity contribution is 0.0933. The van der Waals surface area contributed by atoms with Gasteiger partial charge in [-0.15, -0.1) is 0 Å². The van der Waals surface area contributed by atoms with Gasteiger partial charge in [-0.25, -0.2) is 0 Å². The lowest BCUT2D eigenvalue weighted by Crippen LogP contribution is -2.37. The molecule has 2 saturated carbocycles. The van der Waals surface area contributed by atoms with Crippen molar-refractivity contribution in [1.82, 2.24) is 15.2 Å². The zero-order valence-corrected chi connectivity index (χ0v) is 16.6. The first kappa shape index (κ1) is 19.5. The molecule has 2 amide bonds. The summed E-state index contributed by atoms with van der Waals surface area (Å²) in [5.74, 6) is -0.283. The minimum atomic E-state index is -0.528. The van der Waals surface area contributed by atoms with Crippen LogP contribution in [0.5, 0.6) is 0 Å². The quantitative estimate of drug-likeness (QED) is 0.782. The van der Waals surface area contributed by atoms with Gasteiger partial charge in [0.1, 0.15) is 16.9 Å². The highest BCUT2D eigenvalue weighted by Crippen LogP contribution is 2.28. The summed E-state index contributed by atoms with van der Waals surface area (Å²) in [4.78, 5) is 38.6. The molecular formula is C22H27N3O4. The normalized spacial score (nSPS) is 18.2. The van der Waals surface area contributed by atoms with Crippen LogP contribution in [0.15, 0.2) is 40.0 Å². The van der Waals surface area contributed by atoms with Gasteiger partial charge in [-0.2, -0.15) is 0 Å². The second-order valence-electron chi connectivity index (χ2n) is 8.11. The second-order valence-corrected chi connectivity index (χ2v) is 8.11. The molecule has 0 radical (unpaired) electrons. The zero-order chi connectivity index (χ0) is 20.4. The van der Waals surface area contributed by atoms with E-state index in [9.17, 15) is 14.4 Å². The Kier molecular flexibility index (Phi) is 5.56. The van der Waals surface area contributed by atoms with Gasteiger partial charge < -0.3 is 19.6 Å². The molecule has 154 valence electrons.